The van der Waals surface area contributed by atoms with Crippen molar-refractivity contribution in [1.29, 1.82) is 0 Å². The first-order chi connectivity index (χ1) is 12.5. The molecule has 0 aromatic heterocycles. The summed E-state index contributed by atoms with van der Waals surface area (Å²) in [6, 6.07) is 16.5. The molecule has 5 heteroatoms. The average molecular weight is 355 g/mol. The number of benzene rings is 2. The van der Waals surface area contributed by atoms with Gasteiger partial charge in [-0.25, -0.2) is 0 Å². The lowest BCUT2D eigenvalue weighted by Gasteiger charge is -2.21. The van der Waals surface area contributed by atoms with Gasteiger partial charge in [0.2, 0.25) is 0 Å². The van der Waals surface area contributed by atoms with Gasteiger partial charge >= 0.3 is 5.97 Å². The largest absolute Gasteiger partial charge is 0.497 e. The van der Waals surface area contributed by atoms with Crippen LogP contribution in [0.4, 0.5) is 5.69 Å². The second kappa shape index (κ2) is 9.61. The van der Waals surface area contributed by atoms with Crippen molar-refractivity contribution < 1.29 is 19.1 Å². The fourth-order valence-corrected chi connectivity index (χ4v) is 2.69. The maximum Gasteiger partial charge on any atom is 0.314 e. The molecule has 1 amide bonds. The van der Waals surface area contributed by atoms with Gasteiger partial charge in [0.05, 0.1) is 13.0 Å². The summed E-state index contributed by atoms with van der Waals surface area (Å²) in [4.78, 5) is 24.6. The molecule has 2 atom stereocenters. The molecule has 26 heavy (non-hydrogen) atoms. The summed E-state index contributed by atoms with van der Waals surface area (Å²) in [6.45, 7) is 3.73. The highest BCUT2D eigenvalue weighted by Gasteiger charge is 2.27. The smallest absolute Gasteiger partial charge is 0.314 e. The normalized spacial score (nSPS) is 12.7. The van der Waals surface area contributed by atoms with Crippen LogP contribution >= 0.6 is 0 Å². The molecule has 0 fully saturated rings. The second-order valence-electron chi connectivity index (χ2n) is 6.16. The summed E-state index contributed by atoms with van der Waals surface area (Å²) >= 11 is 0. The third kappa shape index (κ3) is 5.34. The second-order valence-corrected chi connectivity index (χ2v) is 6.16. The van der Waals surface area contributed by atoms with E-state index < -0.39 is 0 Å². The van der Waals surface area contributed by atoms with E-state index in [0.717, 1.165) is 12.0 Å². The van der Waals surface area contributed by atoms with Crippen LogP contribution in [-0.2, 0) is 14.3 Å². The molecule has 0 saturated carbocycles. The first kappa shape index (κ1) is 19.5. The fraction of sp³-hybridized carbons (Fsp3) is 0.333. The van der Waals surface area contributed by atoms with E-state index in [2.05, 4.69) is 5.32 Å². The quantitative estimate of drug-likeness (QED) is 0.727. The Labute approximate surface area is 154 Å². The van der Waals surface area contributed by atoms with Gasteiger partial charge in [-0.3, -0.25) is 9.59 Å². The van der Waals surface area contributed by atoms with Gasteiger partial charge in [-0.15, -0.1) is 0 Å². The van der Waals surface area contributed by atoms with Crippen molar-refractivity contribution in [2.24, 2.45) is 5.92 Å². The van der Waals surface area contributed by atoms with Crippen molar-refractivity contribution in [3.63, 3.8) is 0 Å². The van der Waals surface area contributed by atoms with E-state index in [1.165, 1.54) is 0 Å². The maximum atomic E-state index is 12.6. The Balaban J connectivity index is 1.95. The van der Waals surface area contributed by atoms with E-state index in [1.54, 1.807) is 31.4 Å². The third-order valence-corrected chi connectivity index (χ3v) is 4.34. The van der Waals surface area contributed by atoms with Gasteiger partial charge in [0, 0.05) is 5.69 Å². The van der Waals surface area contributed by atoms with Gasteiger partial charge in [0.15, 0.2) is 6.61 Å². The summed E-state index contributed by atoms with van der Waals surface area (Å²) in [5, 5.41) is 2.70. The number of hydrogen-bond acceptors (Lipinski definition) is 4. The lowest BCUT2D eigenvalue weighted by molar-refractivity contribution is -0.150. The van der Waals surface area contributed by atoms with Gasteiger partial charge in [-0.1, -0.05) is 50.6 Å². The molecule has 5 nitrogen and oxygen atoms in total. The van der Waals surface area contributed by atoms with Crippen LogP contribution in [0.25, 0.3) is 0 Å². The molecule has 0 aliphatic rings. The number of carbonyl (C=O) groups excluding carboxylic acids is 2. The topological polar surface area (TPSA) is 64.6 Å². The first-order valence-electron chi connectivity index (χ1n) is 8.70. The molecule has 0 bridgehead atoms. The van der Waals surface area contributed by atoms with Crippen molar-refractivity contribution in [2.45, 2.75) is 26.2 Å². The predicted molar refractivity (Wildman–Crippen MR) is 101 cm³/mol. The van der Waals surface area contributed by atoms with Crippen LogP contribution in [0.1, 0.15) is 31.7 Å². The van der Waals surface area contributed by atoms with Crippen LogP contribution in [0.5, 0.6) is 5.75 Å². The number of hydrogen-bond donors (Lipinski definition) is 1. The number of anilines is 1. The van der Waals surface area contributed by atoms with Crippen molar-refractivity contribution in [3.8, 4) is 5.75 Å². The van der Waals surface area contributed by atoms with Crippen molar-refractivity contribution in [2.75, 3.05) is 19.0 Å². The fourth-order valence-electron chi connectivity index (χ4n) is 2.69. The van der Waals surface area contributed by atoms with E-state index in [1.807, 2.05) is 44.2 Å². The van der Waals surface area contributed by atoms with Gasteiger partial charge < -0.3 is 14.8 Å². The lowest BCUT2D eigenvalue weighted by atomic mass is 9.86. The van der Waals surface area contributed by atoms with E-state index in [0.29, 0.717) is 11.4 Å². The molecule has 0 aliphatic carbocycles. The maximum absolute atomic E-state index is 12.6. The zero-order valence-corrected chi connectivity index (χ0v) is 15.4. The molecule has 2 aromatic rings. The summed E-state index contributed by atoms with van der Waals surface area (Å²) in [5.41, 5.74) is 1.52. The molecule has 2 aromatic carbocycles. The van der Waals surface area contributed by atoms with E-state index in [-0.39, 0.29) is 30.3 Å². The average Bonchev–Trinajstić information content (AvgIpc) is 2.68. The Bertz CT molecular complexity index is 713. The molecule has 2 unspecified atom stereocenters. The Morgan fingerprint density at radius 2 is 1.69 bits per heavy atom. The predicted octanol–water partition coefficient (Wildman–Crippen LogP) is 4.01. The minimum atomic E-state index is -0.380. The van der Waals surface area contributed by atoms with Gasteiger partial charge in [-0.2, -0.15) is 0 Å². The number of carbonyl (C=O) groups is 2. The van der Waals surface area contributed by atoms with Crippen molar-refractivity contribution >= 4 is 17.6 Å². The van der Waals surface area contributed by atoms with Gasteiger partial charge in [0.1, 0.15) is 5.75 Å². The molecule has 0 spiro atoms. The zero-order chi connectivity index (χ0) is 18.9. The van der Waals surface area contributed by atoms with E-state index in [9.17, 15) is 9.59 Å². The first-order valence-corrected chi connectivity index (χ1v) is 8.70. The molecule has 1 N–H and O–H groups in total. The summed E-state index contributed by atoms with van der Waals surface area (Å²) in [5.74, 6) is -0.312. The summed E-state index contributed by atoms with van der Waals surface area (Å²) in [6.07, 6.45) is 0.840. The summed E-state index contributed by atoms with van der Waals surface area (Å²) < 4.78 is 10.4. The van der Waals surface area contributed by atoms with Gasteiger partial charge in [-0.05, 0) is 35.7 Å². The highest BCUT2D eigenvalue weighted by atomic mass is 16.5. The highest BCUT2D eigenvalue weighted by Crippen LogP contribution is 2.28. The van der Waals surface area contributed by atoms with Crippen LogP contribution in [0.2, 0.25) is 0 Å². The van der Waals surface area contributed by atoms with Crippen LogP contribution < -0.4 is 10.1 Å². The Kier molecular flexibility index (Phi) is 7.21. The lowest BCUT2D eigenvalue weighted by Crippen LogP contribution is -2.26. The molecule has 0 radical (unpaired) electrons. The Morgan fingerprint density at radius 1 is 1.04 bits per heavy atom. The van der Waals surface area contributed by atoms with Crippen LogP contribution in [0.15, 0.2) is 54.6 Å². The molecule has 0 heterocycles. The molecule has 0 saturated heterocycles. The van der Waals surface area contributed by atoms with E-state index >= 15 is 0 Å². The molecule has 0 aliphatic heterocycles. The zero-order valence-electron chi connectivity index (χ0n) is 15.4. The van der Waals surface area contributed by atoms with E-state index in [4.69, 9.17) is 9.47 Å². The molecule has 138 valence electrons. The number of ether oxygens (including phenoxy) is 2. The minimum absolute atomic E-state index is 0.120. The molecular formula is C21H25NO4. The SMILES string of the molecule is CCC(C)C(C(=O)OCC(=O)Nc1ccc(OC)cc1)c1ccccc1. The van der Waals surface area contributed by atoms with Gasteiger partial charge in [0.25, 0.3) is 5.91 Å². The number of esters is 1. The third-order valence-electron chi connectivity index (χ3n) is 4.34. The number of methoxy groups -OCH3 is 1. The number of rotatable bonds is 8. The van der Waals surface area contributed by atoms with Crippen molar-refractivity contribution in [3.05, 3.63) is 60.2 Å². The standard InChI is InChI=1S/C21H25NO4/c1-4-15(2)20(16-8-6-5-7-9-16)21(24)26-14-19(23)22-17-10-12-18(25-3)13-11-17/h5-13,15,20H,4,14H2,1-3H3,(H,22,23). The Hall–Kier alpha value is -2.82. The summed E-state index contributed by atoms with van der Waals surface area (Å²) in [7, 11) is 1.58. The Morgan fingerprint density at radius 3 is 2.27 bits per heavy atom. The molecule has 2 rings (SSSR count). The monoisotopic (exact) mass is 355 g/mol. The van der Waals surface area contributed by atoms with Crippen LogP contribution in [0, 0.1) is 5.92 Å². The minimum Gasteiger partial charge on any atom is -0.497 e. The van der Waals surface area contributed by atoms with Crippen molar-refractivity contribution in [1.82, 2.24) is 0 Å². The van der Waals surface area contributed by atoms with Crippen LogP contribution in [0.3, 0.4) is 0 Å². The number of amides is 1. The number of nitrogens with one attached hydrogen (secondary N) is 1. The highest BCUT2D eigenvalue weighted by molar-refractivity contribution is 5.93. The molecular weight excluding hydrogens is 330 g/mol. The van der Waals surface area contributed by atoms with Crippen LogP contribution in [-0.4, -0.2) is 25.6 Å².